The SMILES string of the molecule is CSc1ccccc1NCC1CCC1. The highest BCUT2D eigenvalue weighted by atomic mass is 32.2. The summed E-state index contributed by atoms with van der Waals surface area (Å²) in [6, 6.07) is 8.54. The normalized spacial score (nSPS) is 16.4. The summed E-state index contributed by atoms with van der Waals surface area (Å²) in [5.74, 6) is 0.921. The van der Waals surface area contributed by atoms with Gasteiger partial charge in [-0.3, -0.25) is 0 Å². The molecule has 1 aliphatic carbocycles. The van der Waals surface area contributed by atoms with Crippen LogP contribution in [0.2, 0.25) is 0 Å². The lowest BCUT2D eigenvalue weighted by atomic mass is 9.85. The van der Waals surface area contributed by atoms with Crippen LogP contribution in [0.5, 0.6) is 0 Å². The van der Waals surface area contributed by atoms with Crippen LogP contribution in [0.1, 0.15) is 19.3 Å². The molecule has 0 unspecified atom stereocenters. The van der Waals surface area contributed by atoms with Gasteiger partial charge in [-0.25, -0.2) is 0 Å². The first-order valence-corrected chi connectivity index (χ1v) is 6.49. The third-order valence-corrected chi connectivity index (χ3v) is 3.71. The van der Waals surface area contributed by atoms with Crippen LogP contribution in [0.3, 0.4) is 0 Å². The lowest BCUT2D eigenvalue weighted by Gasteiger charge is -2.26. The monoisotopic (exact) mass is 207 g/mol. The molecule has 76 valence electrons. The summed E-state index contributed by atoms with van der Waals surface area (Å²) in [6.45, 7) is 1.15. The maximum Gasteiger partial charge on any atom is 0.0478 e. The van der Waals surface area contributed by atoms with E-state index in [0.717, 1.165) is 12.5 Å². The largest absolute Gasteiger partial charge is 0.384 e. The predicted octanol–water partition coefficient (Wildman–Crippen LogP) is 3.62. The first-order chi connectivity index (χ1) is 6.90. The summed E-state index contributed by atoms with van der Waals surface area (Å²) >= 11 is 1.81. The van der Waals surface area contributed by atoms with Gasteiger partial charge in [0, 0.05) is 17.1 Å². The van der Waals surface area contributed by atoms with Gasteiger partial charge in [0.25, 0.3) is 0 Å². The molecule has 0 atom stereocenters. The van der Waals surface area contributed by atoms with Crippen molar-refractivity contribution in [1.29, 1.82) is 0 Å². The zero-order chi connectivity index (χ0) is 9.80. The lowest BCUT2D eigenvalue weighted by molar-refractivity contribution is 0.333. The highest BCUT2D eigenvalue weighted by Gasteiger charge is 2.16. The van der Waals surface area contributed by atoms with E-state index in [-0.39, 0.29) is 0 Å². The van der Waals surface area contributed by atoms with Gasteiger partial charge >= 0.3 is 0 Å². The van der Waals surface area contributed by atoms with E-state index in [9.17, 15) is 0 Å². The van der Waals surface area contributed by atoms with Gasteiger partial charge in [0.15, 0.2) is 0 Å². The highest BCUT2D eigenvalue weighted by molar-refractivity contribution is 7.98. The van der Waals surface area contributed by atoms with Crippen LogP contribution < -0.4 is 5.32 Å². The molecule has 0 saturated heterocycles. The van der Waals surface area contributed by atoms with Gasteiger partial charge in [-0.2, -0.15) is 0 Å². The van der Waals surface area contributed by atoms with E-state index in [1.165, 1.54) is 29.8 Å². The molecule has 1 aromatic rings. The number of rotatable bonds is 4. The van der Waals surface area contributed by atoms with Crippen molar-refractivity contribution in [1.82, 2.24) is 0 Å². The van der Waals surface area contributed by atoms with Gasteiger partial charge < -0.3 is 5.32 Å². The zero-order valence-corrected chi connectivity index (χ0v) is 9.44. The van der Waals surface area contributed by atoms with Crippen LogP contribution in [-0.4, -0.2) is 12.8 Å². The van der Waals surface area contributed by atoms with Crippen molar-refractivity contribution >= 4 is 17.4 Å². The number of nitrogens with one attached hydrogen (secondary N) is 1. The van der Waals surface area contributed by atoms with Crippen molar-refractivity contribution in [2.45, 2.75) is 24.2 Å². The Morgan fingerprint density at radius 3 is 2.79 bits per heavy atom. The second-order valence-corrected chi connectivity index (χ2v) is 4.73. The number of hydrogen-bond acceptors (Lipinski definition) is 2. The summed E-state index contributed by atoms with van der Waals surface area (Å²) in [7, 11) is 0. The Bertz CT molecular complexity index is 294. The Kier molecular flexibility index (Phi) is 3.35. The van der Waals surface area contributed by atoms with E-state index >= 15 is 0 Å². The maximum atomic E-state index is 3.55. The Balaban J connectivity index is 1.93. The fraction of sp³-hybridized carbons (Fsp3) is 0.500. The van der Waals surface area contributed by atoms with Crippen molar-refractivity contribution in [2.75, 3.05) is 18.1 Å². The van der Waals surface area contributed by atoms with Gasteiger partial charge in [-0.15, -0.1) is 11.8 Å². The van der Waals surface area contributed by atoms with E-state index < -0.39 is 0 Å². The standard InChI is InChI=1S/C12H17NS/c1-14-12-8-3-2-7-11(12)13-9-10-5-4-6-10/h2-3,7-8,10,13H,4-6,9H2,1H3. The molecule has 1 N–H and O–H groups in total. The lowest BCUT2D eigenvalue weighted by Crippen LogP contribution is -2.21. The molecule has 1 aromatic carbocycles. The Morgan fingerprint density at radius 1 is 1.36 bits per heavy atom. The van der Waals surface area contributed by atoms with Gasteiger partial charge in [0.05, 0.1) is 0 Å². The van der Waals surface area contributed by atoms with Crippen LogP contribution in [0.25, 0.3) is 0 Å². The number of anilines is 1. The Morgan fingerprint density at radius 2 is 2.14 bits per heavy atom. The zero-order valence-electron chi connectivity index (χ0n) is 8.62. The average molecular weight is 207 g/mol. The molecular weight excluding hydrogens is 190 g/mol. The van der Waals surface area contributed by atoms with Crippen LogP contribution >= 0.6 is 11.8 Å². The summed E-state index contributed by atoms with van der Waals surface area (Å²) in [5, 5.41) is 3.55. The van der Waals surface area contributed by atoms with Crippen molar-refractivity contribution in [3.63, 3.8) is 0 Å². The van der Waals surface area contributed by atoms with E-state index in [1.807, 2.05) is 11.8 Å². The molecule has 1 saturated carbocycles. The maximum absolute atomic E-state index is 3.55. The number of hydrogen-bond donors (Lipinski definition) is 1. The molecule has 1 aliphatic rings. The second-order valence-electron chi connectivity index (χ2n) is 3.88. The van der Waals surface area contributed by atoms with E-state index in [4.69, 9.17) is 0 Å². The van der Waals surface area contributed by atoms with Crippen molar-refractivity contribution in [2.24, 2.45) is 5.92 Å². The summed E-state index contributed by atoms with van der Waals surface area (Å²) in [4.78, 5) is 1.35. The third kappa shape index (κ3) is 2.24. The number of para-hydroxylation sites is 1. The number of benzene rings is 1. The second kappa shape index (κ2) is 4.74. The molecule has 0 radical (unpaired) electrons. The number of thioether (sulfide) groups is 1. The molecule has 0 aliphatic heterocycles. The van der Waals surface area contributed by atoms with E-state index in [1.54, 1.807) is 0 Å². The fourth-order valence-electron chi connectivity index (χ4n) is 1.74. The van der Waals surface area contributed by atoms with Gasteiger partial charge in [0.2, 0.25) is 0 Å². The Labute approximate surface area is 90.3 Å². The average Bonchev–Trinajstić information content (AvgIpc) is 2.16. The topological polar surface area (TPSA) is 12.0 Å². The van der Waals surface area contributed by atoms with Crippen molar-refractivity contribution in [3.8, 4) is 0 Å². The minimum absolute atomic E-state index is 0.921. The van der Waals surface area contributed by atoms with E-state index in [2.05, 4.69) is 35.8 Å². The van der Waals surface area contributed by atoms with Crippen LogP contribution in [-0.2, 0) is 0 Å². The summed E-state index contributed by atoms with van der Waals surface area (Å²) < 4.78 is 0. The molecule has 0 aromatic heterocycles. The minimum atomic E-state index is 0.921. The van der Waals surface area contributed by atoms with Crippen molar-refractivity contribution < 1.29 is 0 Å². The highest BCUT2D eigenvalue weighted by Crippen LogP contribution is 2.29. The molecule has 0 spiro atoms. The third-order valence-electron chi connectivity index (χ3n) is 2.91. The van der Waals surface area contributed by atoms with Gasteiger partial charge in [-0.05, 0) is 37.1 Å². The molecule has 1 nitrogen and oxygen atoms in total. The van der Waals surface area contributed by atoms with E-state index in [0.29, 0.717) is 0 Å². The molecule has 14 heavy (non-hydrogen) atoms. The predicted molar refractivity (Wildman–Crippen MR) is 64.1 cm³/mol. The molecule has 0 amide bonds. The molecular formula is C12H17NS. The molecule has 2 rings (SSSR count). The van der Waals surface area contributed by atoms with Gasteiger partial charge in [-0.1, -0.05) is 18.6 Å². The molecule has 0 heterocycles. The molecule has 2 heteroatoms. The van der Waals surface area contributed by atoms with Crippen LogP contribution in [0, 0.1) is 5.92 Å². The quantitative estimate of drug-likeness (QED) is 0.757. The molecule has 0 bridgehead atoms. The summed E-state index contributed by atoms with van der Waals surface area (Å²) in [5.41, 5.74) is 1.30. The van der Waals surface area contributed by atoms with Crippen LogP contribution in [0.4, 0.5) is 5.69 Å². The first kappa shape index (κ1) is 9.91. The smallest absolute Gasteiger partial charge is 0.0478 e. The fourth-order valence-corrected chi connectivity index (χ4v) is 2.32. The van der Waals surface area contributed by atoms with Crippen LogP contribution in [0.15, 0.2) is 29.2 Å². The Hall–Kier alpha value is -0.630. The van der Waals surface area contributed by atoms with Gasteiger partial charge in [0.1, 0.15) is 0 Å². The summed E-state index contributed by atoms with van der Waals surface area (Å²) in [6.07, 6.45) is 6.38. The van der Waals surface area contributed by atoms with Crippen molar-refractivity contribution in [3.05, 3.63) is 24.3 Å². The molecule has 1 fully saturated rings. The minimum Gasteiger partial charge on any atom is -0.384 e. The first-order valence-electron chi connectivity index (χ1n) is 5.27.